The highest BCUT2D eigenvalue weighted by atomic mass is 31.2. The molecule has 0 radical (unpaired) electrons. The van der Waals surface area contributed by atoms with E-state index in [1.54, 1.807) is 57.4 Å². The molecule has 1 N–H and O–H groups in total. The lowest BCUT2D eigenvalue weighted by molar-refractivity contribution is 0.214. The van der Waals surface area contributed by atoms with E-state index in [1.807, 2.05) is 0 Å². The van der Waals surface area contributed by atoms with E-state index in [9.17, 15) is 8.96 Å². The van der Waals surface area contributed by atoms with Crippen LogP contribution >= 0.6 is 7.60 Å². The maximum atomic E-state index is 13.3. The average Bonchev–Trinajstić information content (AvgIpc) is 2.62. The average molecular weight is 367 g/mol. The quantitative estimate of drug-likeness (QED) is 0.617. The first-order chi connectivity index (χ1) is 12.0. The van der Waals surface area contributed by atoms with Gasteiger partial charge in [0.1, 0.15) is 11.6 Å². The van der Waals surface area contributed by atoms with Gasteiger partial charge in [0, 0.05) is 5.69 Å². The molecule has 0 aromatic heterocycles. The van der Waals surface area contributed by atoms with Crippen LogP contribution < -0.4 is 10.1 Å². The van der Waals surface area contributed by atoms with Gasteiger partial charge in [-0.2, -0.15) is 0 Å². The minimum absolute atomic E-state index is 0.245. The molecule has 2 aromatic carbocycles. The van der Waals surface area contributed by atoms with Gasteiger partial charge < -0.3 is 19.1 Å². The standard InChI is InChI=1S/C18H23FNO4P/c1-4-23-25(21,24-5-2)18(14-6-12-17(22-3)13-7-14)20-16-10-8-15(19)9-11-16/h6-13,18,20H,4-5H2,1-3H3. The Balaban J connectivity index is 2.41. The molecule has 7 heteroatoms. The van der Waals surface area contributed by atoms with Crippen LogP contribution in [0.1, 0.15) is 25.2 Å². The van der Waals surface area contributed by atoms with Gasteiger partial charge in [-0.3, -0.25) is 4.57 Å². The van der Waals surface area contributed by atoms with Crippen molar-refractivity contribution in [3.05, 3.63) is 59.9 Å². The summed E-state index contributed by atoms with van der Waals surface area (Å²) in [6.07, 6.45) is 0. The van der Waals surface area contributed by atoms with E-state index < -0.39 is 13.4 Å². The topological polar surface area (TPSA) is 56.8 Å². The van der Waals surface area contributed by atoms with E-state index in [-0.39, 0.29) is 19.0 Å². The Hall–Kier alpha value is -1.88. The molecule has 1 atom stereocenters. The summed E-state index contributed by atoms with van der Waals surface area (Å²) in [4.78, 5) is 0. The molecule has 0 spiro atoms. The zero-order chi connectivity index (χ0) is 18.3. The van der Waals surface area contributed by atoms with Crippen molar-refractivity contribution in [1.29, 1.82) is 0 Å². The lowest BCUT2D eigenvalue weighted by atomic mass is 10.2. The van der Waals surface area contributed by atoms with E-state index in [1.165, 1.54) is 12.1 Å². The predicted molar refractivity (Wildman–Crippen MR) is 96.6 cm³/mol. The smallest absolute Gasteiger partial charge is 0.357 e. The van der Waals surface area contributed by atoms with Crippen LogP contribution in [0, 0.1) is 5.82 Å². The van der Waals surface area contributed by atoms with Crippen molar-refractivity contribution in [3.63, 3.8) is 0 Å². The molecule has 2 rings (SSSR count). The largest absolute Gasteiger partial charge is 0.497 e. The van der Waals surface area contributed by atoms with Gasteiger partial charge in [-0.05, 0) is 55.8 Å². The van der Waals surface area contributed by atoms with E-state index in [0.29, 0.717) is 11.4 Å². The number of halogens is 1. The number of benzene rings is 2. The van der Waals surface area contributed by atoms with Gasteiger partial charge in [-0.15, -0.1) is 0 Å². The van der Waals surface area contributed by atoms with Gasteiger partial charge in [0.2, 0.25) is 0 Å². The second-order valence-corrected chi connectivity index (χ2v) is 7.31. The Morgan fingerprint density at radius 3 is 2.04 bits per heavy atom. The highest BCUT2D eigenvalue weighted by Gasteiger charge is 2.37. The summed E-state index contributed by atoms with van der Waals surface area (Å²) in [5.74, 6) is -0.389. The first kappa shape index (κ1) is 19.4. The number of methoxy groups -OCH3 is 1. The predicted octanol–water partition coefficient (Wildman–Crippen LogP) is 5.21. The summed E-state index contributed by atoms with van der Waals surface area (Å²) < 4.78 is 42.7. The summed E-state index contributed by atoms with van der Waals surface area (Å²) in [5, 5.41) is 3.15. The highest BCUT2D eigenvalue weighted by molar-refractivity contribution is 7.54. The van der Waals surface area contributed by atoms with Crippen molar-refractivity contribution in [1.82, 2.24) is 0 Å². The third-order valence-corrected chi connectivity index (χ3v) is 5.81. The zero-order valence-corrected chi connectivity index (χ0v) is 15.5. The lowest BCUT2D eigenvalue weighted by Crippen LogP contribution is -2.15. The van der Waals surface area contributed by atoms with E-state index in [2.05, 4.69) is 5.32 Å². The second-order valence-electron chi connectivity index (χ2n) is 5.20. The zero-order valence-electron chi connectivity index (χ0n) is 14.6. The van der Waals surface area contributed by atoms with Gasteiger partial charge in [0.25, 0.3) is 0 Å². The molecule has 0 saturated heterocycles. The van der Waals surface area contributed by atoms with Crippen molar-refractivity contribution in [3.8, 4) is 5.75 Å². The Morgan fingerprint density at radius 1 is 1.00 bits per heavy atom. The molecule has 136 valence electrons. The van der Waals surface area contributed by atoms with Gasteiger partial charge in [0.05, 0.1) is 20.3 Å². The first-order valence-electron chi connectivity index (χ1n) is 8.07. The fourth-order valence-electron chi connectivity index (χ4n) is 2.38. The normalized spacial score (nSPS) is 12.6. The van der Waals surface area contributed by atoms with Crippen LogP contribution in [0.15, 0.2) is 48.5 Å². The molecule has 0 aliphatic rings. The van der Waals surface area contributed by atoms with Crippen molar-refractivity contribution in [2.24, 2.45) is 0 Å². The van der Waals surface area contributed by atoms with Crippen LogP contribution in [0.25, 0.3) is 0 Å². The van der Waals surface area contributed by atoms with Crippen LogP contribution in [-0.2, 0) is 13.6 Å². The Bertz CT molecular complexity index is 696. The van der Waals surface area contributed by atoms with Crippen LogP contribution in [0.3, 0.4) is 0 Å². The van der Waals surface area contributed by atoms with Crippen molar-refractivity contribution in [2.75, 3.05) is 25.6 Å². The molecule has 25 heavy (non-hydrogen) atoms. The number of hydrogen-bond donors (Lipinski definition) is 1. The molecule has 0 aliphatic carbocycles. The number of nitrogens with one attached hydrogen (secondary N) is 1. The monoisotopic (exact) mass is 367 g/mol. The minimum atomic E-state index is -3.50. The summed E-state index contributed by atoms with van der Waals surface area (Å²) in [5.41, 5.74) is 1.33. The molecular weight excluding hydrogens is 344 g/mol. The van der Waals surface area contributed by atoms with Crippen LogP contribution in [-0.4, -0.2) is 20.3 Å². The number of anilines is 1. The van der Waals surface area contributed by atoms with Crippen molar-refractivity contribution in [2.45, 2.75) is 19.6 Å². The summed E-state index contributed by atoms with van der Waals surface area (Å²) in [6.45, 7) is 4.01. The maximum absolute atomic E-state index is 13.3. The Morgan fingerprint density at radius 2 is 1.56 bits per heavy atom. The minimum Gasteiger partial charge on any atom is -0.497 e. The summed E-state index contributed by atoms with van der Waals surface area (Å²) >= 11 is 0. The fraction of sp³-hybridized carbons (Fsp3) is 0.333. The maximum Gasteiger partial charge on any atom is 0.357 e. The van der Waals surface area contributed by atoms with Crippen molar-refractivity contribution < 1.29 is 22.7 Å². The molecule has 0 heterocycles. The van der Waals surface area contributed by atoms with E-state index in [0.717, 1.165) is 5.56 Å². The molecule has 2 aromatic rings. The van der Waals surface area contributed by atoms with Crippen molar-refractivity contribution >= 4 is 13.3 Å². The summed E-state index contributed by atoms with van der Waals surface area (Å²) in [6, 6.07) is 13.0. The third kappa shape index (κ3) is 5.05. The van der Waals surface area contributed by atoms with Crippen LogP contribution in [0.5, 0.6) is 5.75 Å². The number of ether oxygens (including phenoxy) is 1. The molecule has 1 unspecified atom stereocenters. The third-order valence-electron chi connectivity index (χ3n) is 3.51. The Kier molecular flexibility index (Phi) is 7.00. The van der Waals surface area contributed by atoms with Gasteiger partial charge in [-0.25, -0.2) is 4.39 Å². The molecule has 0 saturated carbocycles. The van der Waals surface area contributed by atoms with E-state index >= 15 is 0 Å². The van der Waals surface area contributed by atoms with Gasteiger partial charge in [0.15, 0.2) is 5.78 Å². The number of rotatable bonds is 9. The molecule has 0 amide bonds. The second kappa shape index (κ2) is 8.99. The SMILES string of the molecule is CCOP(=O)(OCC)C(Nc1ccc(F)cc1)c1ccc(OC)cc1. The molecular formula is C18H23FNO4P. The first-order valence-corrected chi connectivity index (χ1v) is 9.68. The summed E-state index contributed by atoms with van der Waals surface area (Å²) in [7, 11) is -1.92. The van der Waals surface area contributed by atoms with Crippen LogP contribution in [0.2, 0.25) is 0 Å². The molecule has 0 aliphatic heterocycles. The van der Waals surface area contributed by atoms with E-state index in [4.69, 9.17) is 13.8 Å². The number of hydrogen-bond acceptors (Lipinski definition) is 5. The lowest BCUT2D eigenvalue weighted by Gasteiger charge is -2.28. The molecule has 5 nitrogen and oxygen atoms in total. The highest BCUT2D eigenvalue weighted by Crippen LogP contribution is 2.60. The van der Waals surface area contributed by atoms with Gasteiger partial charge in [-0.1, -0.05) is 12.1 Å². The fourth-order valence-corrected chi connectivity index (χ4v) is 4.32. The Labute approximate surface area is 147 Å². The van der Waals surface area contributed by atoms with Crippen LogP contribution in [0.4, 0.5) is 10.1 Å². The molecule has 0 fully saturated rings. The van der Waals surface area contributed by atoms with Gasteiger partial charge >= 0.3 is 7.60 Å². The molecule has 0 bridgehead atoms.